The fourth-order valence-electron chi connectivity index (χ4n) is 4.59. The Kier molecular flexibility index (Phi) is 8.89. The van der Waals surface area contributed by atoms with Crippen molar-refractivity contribution in [2.24, 2.45) is 0 Å². The summed E-state index contributed by atoms with van der Waals surface area (Å²) in [5, 5.41) is 68.5. The van der Waals surface area contributed by atoms with Crippen LogP contribution in [0.1, 0.15) is 57.8 Å². The Hall–Kier alpha value is -0.320. The smallest absolute Gasteiger partial charge is 0.130 e. The normalized spacial score (nSPS) is 36.1. The van der Waals surface area contributed by atoms with Crippen molar-refractivity contribution in [3.8, 4) is 0 Å². The summed E-state index contributed by atoms with van der Waals surface area (Å²) in [6.07, 6.45) is 3.63. The average molecular weight is 392 g/mol. The second kappa shape index (κ2) is 10.5. The van der Waals surface area contributed by atoms with Crippen LogP contribution in [0, 0.1) is 0 Å². The lowest BCUT2D eigenvalue weighted by Crippen LogP contribution is -2.51. The van der Waals surface area contributed by atoms with Gasteiger partial charge in [-0.3, -0.25) is 4.90 Å². The minimum absolute atomic E-state index is 0.198. The number of nitrogens with zero attached hydrogens (tertiary/aromatic N) is 1. The molecule has 27 heavy (non-hydrogen) atoms. The molecule has 2 saturated heterocycles. The van der Waals surface area contributed by atoms with Gasteiger partial charge in [-0.25, -0.2) is 0 Å². The summed E-state index contributed by atoms with van der Waals surface area (Å²) in [4.78, 5) is 1.88. The van der Waals surface area contributed by atoms with Crippen molar-refractivity contribution in [1.82, 2.24) is 4.90 Å². The number of hydrogen-bond donors (Lipinski definition) is 7. The molecule has 0 aromatic heterocycles. The zero-order chi connectivity index (χ0) is 20.0. The summed E-state index contributed by atoms with van der Waals surface area (Å²) >= 11 is 0. The highest BCUT2D eigenvalue weighted by Crippen LogP contribution is 2.41. The van der Waals surface area contributed by atoms with Crippen molar-refractivity contribution in [3.63, 3.8) is 0 Å². The molecule has 2 fully saturated rings. The van der Waals surface area contributed by atoms with Crippen molar-refractivity contribution >= 4 is 0 Å². The predicted octanol–water partition coefficient (Wildman–Crippen LogP) is -1.28. The van der Waals surface area contributed by atoms with E-state index in [1.54, 1.807) is 0 Å². The van der Waals surface area contributed by atoms with Gasteiger partial charge in [0.05, 0.1) is 37.6 Å². The molecule has 0 aromatic carbocycles. The first-order valence-electron chi connectivity index (χ1n) is 10.3. The molecule has 7 N–H and O–H groups in total. The lowest BCUT2D eigenvalue weighted by Gasteiger charge is -2.30. The second-order valence-corrected chi connectivity index (χ2v) is 8.31. The molecule has 8 heteroatoms. The van der Waals surface area contributed by atoms with Crippen LogP contribution in [0.5, 0.6) is 0 Å². The van der Waals surface area contributed by atoms with Crippen molar-refractivity contribution in [2.75, 3.05) is 19.8 Å². The molecule has 2 aliphatic rings. The Morgan fingerprint density at radius 1 is 0.926 bits per heavy atom. The standard InChI is InChI=1S/C19H37NO7/c21-11-14(24)6-4-2-1-3-5-13(23)7-8-15-16(25)9-17-19(27,12-22)18(26)10-20(15)17/h13-18,21-27H,1-12H2. The molecule has 2 rings (SSSR count). The molecule has 2 aliphatic heterocycles. The number of fused-ring (bicyclic) bond motifs is 1. The van der Waals surface area contributed by atoms with Gasteiger partial charge in [0, 0.05) is 18.6 Å². The number of rotatable bonds is 12. The number of aliphatic hydroxyl groups excluding tert-OH is 6. The van der Waals surface area contributed by atoms with E-state index in [1.807, 2.05) is 4.90 Å². The van der Waals surface area contributed by atoms with Crippen molar-refractivity contribution in [2.45, 2.75) is 99.9 Å². The van der Waals surface area contributed by atoms with Crippen molar-refractivity contribution in [1.29, 1.82) is 0 Å². The van der Waals surface area contributed by atoms with Gasteiger partial charge in [0.2, 0.25) is 0 Å². The van der Waals surface area contributed by atoms with E-state index in [4.69, 9.17) is 5.11 Å². The third kappa shape index (κ3) is 5.61. The van der Waals surface area contributed by atoms with E-state index < -0.39 is 42.7 Å². The van der Waals surface area contributed by atoms with E-state index in [2.05, 4.69) is 0 Å². The molecule has 7 unspecified atom stereocenters. The summed E-state index contributed by atoms with van der Waals surface area (Å²) in [5.74, 6) is 0. The lowest BCUT2D eigenvalue weighted by atomic mass is 9.90. The first-order chi connectivity index (χ1) is 12.8. The molecule has 0 amide bonds. The van der Waals surface area contributed by atoms with Gasteiger partial charge in [-0.05, 0) is 32.1 Å². The van der Waals surface area contributed by atoms with Gasteiger partial charge in [0.1, 0.15) is 5.60 Å². The van der Waals surface area contributed by atoms with Gasteiger partial charge in [0.15, 0.2) is 0 Å². The Balaban J connectivity index is 1.66. The van der Waals surface area contributed by atoms with E-state index >= 15 is 0 Å². The average Bonchev–Trinajstić information content (AvgIpc) is 3.09. The van der Waals surface area contributed by atoms with Crippen LogP contribution in [-0.2, 0) is 0 Å². The van der Waals surface area contributed by atoms with Crippen LogP contribution in [-0.4, -0.2) is 103 Å². The van der Waals surface area contributed by atoms with Crippen LogP contribution in [0.4, 0.5) is 0 Å². The largest absolute Gasteiger partial charge is 0.394 e. The van der Waals surface area contributed by atoms with Gasteiger partial charge in [0.25, 0.3) is 0 Å². The minimum atomic E-state index is -1.59. The number of aliphatic hydroxyl groups is 7. The quantitative estimate of drug-likeness (QED) is 0.204. The van der Waals surface area contributed by atoms with E-state index in [1.165, 1.54) is 0 Å². The third-order valence-electron chi connectivity index (χ3n) is 6.36. The maximum Gasteiger partial charge on any atom is 0.130 e. The topological polar surface area (TPSA) is 145 Å². The van der Waals surface area contributed by atoms with Gasteiger partial charge >= 0.3 is 0 Å². The molecule has 2 heterocycles. The molecule has 8 nitrogen and oxygen atoms in total. The SMILES string of the molecule is OCC(O)CCCCCCC(O)CCC1C(O)CC2N1CC(O)C2(O)CO. The maximum absolute atomic E-state index is 10.5. The fraction of sp³-hybridized carbons (Fsp3) is 1.00. The van der Waals surface area contributed by atoms with Crippen LogP contribution in [0.15, 0.2) is 0 Å². The summed E-state index contributed by atoms with van der Waals surface area (Å²) in [6.45, 7) is -0.512. The monoisotopic (exact) mass is 391 g/mol. The zero-order valence-corrected chi connectivity index (χ0v) is 16.0. The molecular weight excluding hydrogens is 354 g/mol. The van der Waals surface area contributed by atoms with Crippen molar-refractivity contribution < 1.29 is 35.7 Å². The van der Waals surface area contributed by atoms with Gasteiger partial charge in [-0.1, -0.05) is 25.7 Å². The van der Waals surface area contributed by atoms with Gasteiger partial charge < -0.3 is 35.7 Å². The second-order valence-electron chi connectivity index (χ2n) is 8.31. The van der Waals surface area contributed by atoms with Crippen LogP contribution in [0.3, 0.4) is 0 Å². The summed E-state index contributed by atoms with van der Waals surface area (Å²) in [5.41, 5.74) is -1.59. The Morgan fingerprint density at radius 3 is 2.15 bits per heavy atom. The van der Waals surface area contributed by atoms with E-state index in [9.17, 15) is 30.6 Å². The highest BCUT2D eigenvalue weighted by atomic mass is 16.4. The van der Waals surface area contributed by atoms with E-state index in [0.717, 1.165) is 25.7 Å². The minimum Gasteiger partial charge on any atom is -0.394 e. The highest BCUT2D eigenvalue weighted by molar-refractivity contribution is 5.12. The van der Waals surface area contributed by atoms with E-state index in [0.29, 0.717) is 32.1 Å². The summed E-state index contributed by atoms with van der Waals surface area (Å²) < 4.78 is 0. The van der Waals surface area contributed by atoms with Crippen LogP contribution >= 0.6 is 0 Å². The van der Waals surface area contributed by atoms with E-state index in [-0.39, 0.29) is 19.2 Å². The third-order valence-corrected chi connectivity index (χ3v) is 6.36. The van der Waals surface area contributed by atoms with Crippen LogP contribution < -0.4 is 0 Å². The first-order valence-corrected chi connectivity index (χ1v) is 10.3. The molecule has 0 saturated carbocycles. The molecule has 160 valence electrons. The molecule has 0 spiro atoms. The fourth-order valence-corrected chi connectivity index (χ4v) is 4.59. The Labute approximate surface area is 161 Å². The highest BCUT2D eigenvalue weighted by Gasteiger charge is 2.59. The predicted molar refractivity (Wildman–Crippen MR) is 99.0 cm³/mol. The molecule has 7 atom stereocenters. The molecule has 0 aromatic rings. The van der Waals surface area contributed by atoms with Gasteiger partial charge in [-0.15, -0.1) is 0 Å². The molecule has 0 bridgehead atoms. The number of unbranched alkanes of at least 4 members (excludes halogenated alkanes) is 3. The molecule has 0 aliphatic carbocycles. The zero-order valence-electron chi connectivity index (χ0n) is 16.0. The van der Waals surface area contributed by atoms with Gasteiger partial charge in [-0.2, -0.15) is 0 Å². The maximum atomic E-state index is 10.5. The Morgan fingerprint density at radius 2 is 1.56 bits per heavy atom. The lowest BCUT2D eigenvalue weighted by molar-refractivity contribution is -0.0965. The summed E-state index contributed by atoms with van der Waals surface area (Å²) in [6, 6.07) is -0.677. The summed E-state index contributed by atoms with van der Waals surface area (Å²) in [7, 11) is 0. The first kappa shape index (κ1) is 23.0. The van der Waals surface area contributed by atoms with Crippen molar-refractivity contribution in [3.05, 3.63) is 0 Å². The number of hydrogen-bond acceptors (Lipinski definition) is 8. The van der Waals surface area contributed by atoms with Crippen LogP contribution in [0.25, 0.3) is 0 Å². The Bertz CT molecular complexity index is 440. The molecule has 0 radical (unpaired) electrons. The van der Waals surface area contributed by atoms with Crippen LogP contribution in [0.2, 0.25) is 0 Å². The molecular formula is C19H37NO7.